The molecule has 1 heterocycles. The first kappa shape index (κ1) is 20.8. The Hall–Kier alpha value is -3.44. The largest absolute Gasteiger partial charge is 0.489 e. The quantitative estimate of drug-likeness (QED) is 0.636. The van der Waals surface area contributed by atoms with Gasteiger partial charge in [-0.15, -0.1) is 0 Å². The maximum atomic E-state index is 13.5. The number of hydrogen-bond donors (Lipinski definition) is 1. The Bertz CT molecular complexity index is 1060. The van der Waals surface area contributed by atoms with Crippen LogP contribution in [0.15, 0.2) is 90.8 Å². The molecule has 1 aliphatic rings. The molecule has 0 spiro atoms. The van der Waals surface area contributed by atoms with Gasteiger partial charge in [0.15, 0.2) is 0 Å². The average Bonchev–Trinajstić information content (AvgIpc) is 2.84. The van der Waals surface area contributed by atoms with Gasteiger partial charge in [-0.3, -0.25) is 4.79 Å². The van der Waals surface area contributed by atoms with Crippen molar-refractivity contribution in [2.24, 2.45) is 5.73 Å². The van der Waals surface area contributed by atoms with Crippen LogP contribution >= 0.6 is 0 Å². The summed E-state index contributed by atoms with van der Waals surface area (Å²) in [5.41, 5.74) is 9.95. The van der Waals surface area contributed by atoms with E-state index in [4.69, 9.17) is 10.5 Å². The van der Waals surface area contributed by atoms with Gasteiger partial charge in [-0.25, -0.2) is 4.39 Å². The lowest BCUT2D eigenvalue weighted by molar-refractivity contribution is 0.0694. The number of carbonyl (C=O) groups excluding carboxylic acids is 1. The van der Waals surface area contributed by atoms with Crippen LogP contribution in [-0.4, -0.2) is 30.5 Å². The normalized spacial score (nSPS) is 16.0. The van der Waals surface area contributed by atoms with E-state index in [0.717, 1.165) is 12.0 Å². The highest BCUT2D eigenvalue weighted by atomic mass is 19.1. The highest BCUT2D eigenvalue weighted by Gasteiger charge is 2.32. The molecular weight excluding hydrogens is 391 g/mol. The molecule has 0 saturated heterocycles. The Balaban J connectivity index is 1.58. The standard InChI is InChI=1S/C26H25FN2O2/c27-16-19(17-28)18-31-23-12-10-22(11-13-23)26(30)29-15-14-20-6-4-5-9-24(20)25(29)21-7-2-1-3-8-21/h1-13,16,25H,14-15,17-18,28H2/t25-/m0/s1. The van der Waals surface area contributed by atoms with E-state index < -0.39 is 0 Å². The number of amides is 1. The van der Waals surface area contributed by atoms with Crippen LogP contribution in [0.5, 0.6) is 5.75 Å². The number of rotatable bonds is 6. The van der Waals surface area contributed by atoms with Gasteiger partial charge in [0.25, 0.3) is 5.91 Å². The molecule has 3 aromatic carbocycles. The van der Waals surface area contributed by atoms with Gasteiger partial charge >= 0.3 is 0 Å². The number of hydrogen-bond acceptors (Lipinski definition) is 3. The van der Waals surface area contributed by atoms with E-state index in [9.17, 15) is 9.18 Å². The fourth-order valence-electron chi connectivity index (χ4n) is 3.95. The Morgan fingerprint density at radius 3 is 2.45 bits per heavy atom. The zero-order chi connectivity index (χ0) is 21.6. The van der Waals surface area contributed by atoms with Crippen LogP contribution in [0.2, 0.25) is 0 Å². The van der Waals surface area contributed by atoms with Crippen molar-refractivity contribution in [3.05, 3.63) is 113 Å². The maximum Gasteiger partial charge on any atom is 0.254 e. The highest BCUT2D eigenvalue weighted by Crippen LogP contribution is 2.36. The van der Waals surface area contributed by atoms with E-state index in [0.29, 0.717) is 29.8 Å². The molecule has 31 heavy (non-hydrogen) atoms. The van der Waals surface area contributed by atoms with Gasteiger partial charge in [0, 0.05) is 24.2 Å². The molecule has 0 fully saturated rings. The van der Waals surface area contributed by atoms with Gasteiger partial charge < -0.3 is 15.4 Å². The number of benzene rings is 3. The summed E-state index contributed by atoms with van der Waals surface area (Å²) in [6, 6.07) is 25.3. The summed E-state index contributed by atoms with van der Waals surface area (Å²) in [4.78, 5) is 15.4. The highest BCUT2D eigenvalue weighted by molar-refractivity contribution is 5.95. The average molecular weight is 416 g/mol. The lowest BCUT2D eigenvalue weighted by Gasteiger charge is -2.38. The van der Waals surface area contributed by atoms with Crippen LogP contribution in [0.25, 0.3) is 0 Å². The Morgan fingerprint density at radius 1 is 1.03 bits per heavy atom. The molecule has 0 unspecified atom stereocenters. The van der Waals surface area contributed by atoms with Gasteiger partial charge in [0.2, 0.25) is 0 Å². The Labute approximate surface area is 181 Å². The van der Waals surface area contributed by atoms with Crippen molar-refractivity contribution >= 4 is 5.91 Å². The summed E-state index contributed by atoms with van der Waals surface area (Å²) in [7, 11) is 0. The van der Waals surface area contributed by atoms with Crippen LogP contribution < -0.4 is 10.5 Å². The number of ether oxygens (including phenoxy) is 1. The van der Waals surface area contributed by atoms with Crippen molar-refractivity contribution in [2.75, 3.05) is 19.7 Å². The molecule has 0 saturated carbocycles. The molecule has 0 aliphatic carbocycles. The minimum absolute atomic E-state index is 0.0267. The fourth-order valence-corrected chi connectivity index (χ4v) is 3.95. The smallest absolute Gasteiger partial charge is 0.254 e. The van der Waals surface area contributed by atoms with E-state index in [2.05, 4.69) is 24.3 Å². The van der Waals surface area contributed by atoms with Crippen LogP contribution in [-0.2, 0) is 6.42 Å². The molecule has 1 amide bonds. The molecular formula is C26H25FN2O2. The summed E-state index contributed by atoms with van der Waals surface area (Å²) in [6.45, 7) is 0.832. The van der Waals surface area contributed by atoms with Crippen molar-refractivity contribution in [3.8, 4) is 5.75 Å². The molecule has 158 valence electrons. The Kier molecular flexibility index (Phi) is 6.43. The second-order valence-electron chi connectivity index (χ2n) is 7.55. The van der Waals surface area contributed by atoms with Gasteiger partial charge in [0.1, 0.15) is 12.4 Å². The summed E-state index contributed by atoms with van der Waals surface area (Å²) in [5, 5.41) is 0. The van der Waals surface area contributed by atoms with Gasteiger partial charge in [-0.05, 0) is 47.4 Å². The molecule has 0 aromatic heterocycles. The monoisotopic (exact) mass is 416 g/mol. The predicted octanol–water partition coefficient (Wildman–Crippen LogP) is 4.67. The summed E-state index contributed by atoms with van der Waals surface area (Å²) in [6.07, 6.45) is 1.29. The van der Waals surface area contributed by atoms with E-state index in [1.165, 1.54) is 11.1 Å². The van der Waals surface area contributed by atoms with Crippen LogP contribution in [0.1, 0.15) is 33.1 Å². The lowest BCUT2D eigenvalue weighted by atomic mass is 9.88. The van der Waals surface area contributed by atoms with Crippen molar-refractivity contribution in [3.63, 3.8) is 0 Å². The lowest BCUT2D eigenvalue weighted by Crippen LogP contribution is -2.40. The third-order valence-corrected chi connectivity index (χ3v) is 5.60. The number of halogens is 1. The maximum absolute atomic E-state index is 13.5. The Morgan fingerprint density at radius 2 is 1.74 bits per heavy atom. The minimum Gasteiger partial charge on any atom is -0.489 e. The number of nitrogens with two attached hydrogens (primary N) is 1. The first-order valence-corrected chi connectivity index (χ1v) is 10.4. The van der Waals surface area contributed by atoms with E-state index in [1.54, 1.807) is 24.3 Å². The predicted molar refractivity (Wildman–Crippen MR) is 120 cm³/mol. The molecule has 3 aromatic rings. The fraction of sp³-hybridized carbons (Fsp3) is 0.192. The second kappa shape index (κ2) is 9.58. The second-order valence-corrected chi connectivity index (χ2v) is 7.55. The molecule has 2 N–H and O–H groups in total. The third kappa shape index (κ3) is 4.52. The molecule has 0 bridgehead atoms. The molecule has 4 nitrogen and oxygen atoms in total. The SMILES string of the molecule is NCC(=CF)COc1ccc(C(=O)N2CCc3ccccc3[C@@H]2c2ccccc2)cc1. The minimum atomic E-state index is -0.128. The van der Waals surface area contributed by atoms with Gasteiger partial charge in [-0.2, -0.15) is 0 Å². The number of carbonyl (C=O) groups is 1. The van der Waals surface area contributed by atoms with Crippen LogP contribution in [0.3, 0.4) is 0 Å². The van der Waals surface area contributed by atoms with Gasteiger partial charge in [0.05, 0.1) is 12.4 Å². The summed E-state index contributed by atoms with van der Waals surface area (Å²) < 4.78 is 18.2. The van der Waals surface area contributed by atoms with Crippen molar-refractivity contribution in [2.45, 2.75) is 12.5 Å². The molecule has 1 atom stereocenters. The third-order valence-electron chi connectivity index (χ3n) is 5.60. The van der Waals surface area contributed by atoms with E-state index in [1.807, 2.05) is 35.2 Å². The molecule has 0 radical (unpaired) electrons. The molecule has 4 rings (SSSR count). The number of fused-ring (bicyclic) bond motifs is 1. The van der Waals surface area contributed by atoms with Crippen molar-refractivity contribution < 1.29 is 13.9 Å². The van der Waals surface area contributed by atoms with Crippen LogP contribution in [0.4, 0.5) is 4.39 Å². The van der Waals surface area contributed by atoms with Crippen molar-refractivity contribution in [1.29, 1.82) is 0 Å². The van der Waals surface area contributed by atoms with E-state index >= 15 is 0 Å². The van der Waals surface area contributed by atoms with Gasteiger partial charge in [-0.1, -0.05) is 54.6 Å². The summed E-state index contributed by atoms with van der Waals surface area (Å²) in [5.74, 6) is 0.536. The first-order chi connectivity index (χ1) is 15.2. The van der Waals surface area contributed by atoms with Crippen molar-refractivity contribution in [1.82, 2.24) is 4.90 Å². The van der Waals surface area contributed by atoms with Crippen LogP contribution in [0, 0.1) is 0 Å². The first-order valence-electron chi connectivity index (χ1n) is 10.4. The zero-order valence-corrected chi connectivity index (χ0v) is 17.2. The zero-order valence-electron chi connectivity index (χ0n) is 17.2. The summed E-state index contributed by atoms with van der Waals surface area (Å²) >= 11 is 0. The number of nitrogens with zero attached hydrogens (tertiary/aromatic N) is 1. The topological polar surface area (TPSA) is 55.6 Å². The molecule has 5 heteroatoms. The van der Waals surface area contributed by atoms with E-state index in [-0.39, 0.29) is 25.1 Å². The molecule has 1 aliphatic heterocycles.